The fraction of sp³-hybridized carbons (Fsp3) is 0.667. The molecule has 3 atom stereocenters. The molecule has 0 saturated heterocycles. The fourth-order valence-electron chi connectivity index (χ4n) is 3.95. The van der Waals surface area contributed by atoms with Gasteiger partial charge in [0.1, 0.15) is 0 Å². The second kappa shape index (κ2) is 6.09. The van der Waals surface area contributed by atoms with E-state index >= 15 is 0 Å². The van der Waals surface area contributed by atoms with Crippen molar-refractivity contribution < 1.29 is 0 Å². The molecular weight excluding hydrogens is 230 g/mol. The molecule has 2 aliphatic rings. The highest BCUT2D eigenvalue weighted by atomic mass is 14.9. The van der Waals surface area contributed by atoms with Crippen LogP contribution in [0.25, 0.3) is 0 Å². The van der Waals surface area contributed by atoms with E-state index < -0.39 is 0 Å². The van der Waals surface area contributed by atoms with Gasteiger partial charge in [0.15, 0.2) is 0 Å². The lowest BCUT2D eigenvalue weighted by molar-refractivity contribution is 0.263. The molecule has 2 aliphatic carbocycles. The summed E-state index contributed by atoms with van der Waals surface area (Å²) in [4.78, 5) is 0. The Labute approximate surface area is 117 Å². The summed E-state index contributed by atoms with van der Waals surface area (Å²) in [5.74, 6) is 1.88. The first-order chi connectivity index (χ1) is 9.31. The van der Waals surface area contributed by atoms with Crippen molar-refractivity contribution in [2.75, 3.05) is 6.54 Å². The van der Waals surface area contributed by atoms with E-state index in [1.54, 1.807) is 11.1 Å². The highest BCUT2D eigenvalue weighted by Gasteiger charge is 2.22. The van der Waals surface area contributed by atoms with E-state index in [1.165, 1.54) is 51.5 Å². The van der Waals surface area contributed by atoms with Crippen molar-refractivity contribution in [3.8, 4) is 0 Å². The van der Waals surface area contributed by atoms with Gasteiger partial charge in [0, 0.05) is 6.04 Å². The van der Waals surface area contributed by atoms with E-state index in [0.29, 0.717) is 6.04 Å². The first-order valence-electron chi connectivity index (χ1n) is 8.11. The smallest absolute Gasteiger partial charge is 0.0111 e. The van der Waals surface area contributed by atoms with Crippen LogP contribution in [0, 0.1) is 11.8 Å². The lowest BCUT2D eigenvalue weighted by atomic mass is 9.82. The molecule has 0 aliphatic heterocycles. The summed E-state index contributed by atoms with van der Waals surface area (Å²) in [7, 11) is 0. The third-order valence-corrected chi connectivity index (χ3v) is 5.09. The normalized spacial score (nSPS) is 30.9. The lowest BCUT2D eigenvalue weighted by Gasteiger charge is -2.31. The maximum atomic E-state index is 3.85. The highest BCUT2D eigenvalue weighted by Crippen LogP contribution is 2.28. The summed E-state index contributed by atoms with van der Waals surface area (Å²) >= 11 is 0. The van der Waals surface area contributed by atoms with Crippen LogP contribution in [0.5, 0.6) is 0 Å². The summed E-state index contributed by atoms with van der Waals surface area (Å²) in [6.45, 7) is 3.67. The Morgan fingerprint density at radius 1 is 1.11 bits per heavy atom. The molecule has 1 aromatic carbocycles. The molecule has 1 fully saturated rings. The molecule has 1 aromatic rings. The van der Waals surface area contributed by atoms with Crippen molar-refractivity contribution in [3.05, 3.63) is 35.4 Å². The van der Waals surface area contributed by atoms with Crippen molar-refractivity contribution in [2.45, 2.75) is 57.9 Å². The van der Waals surface area contributed by atoms with Crippen LogP contribution in [0.15, 0.2) is 24.3 Å². The molecule has 19 heavy (non-hydrogen) atoms. The number of benzene rings is 1. The minimum absolute atomic E-state index is 0.715. The fourth-order valence-corrected chi connectivity index (χ4v) is 3.95. The molecule has 0 spiro atoms. The number of hydrogen-bond acceptors (Lipinski definition) is 1. The van der Waals surface area contributed by atoms with Crippen LogP contribution in [-0.4, -0.2) is 12.6 Å². The van der Waals surface area contributed by atoms with Crippen molar-refractivity contribution >= 4 is 0 Å². The van der Waals surface area contributed by atoms with E-state index in [0.717, 1.165) is 11.8 Å². The summed E-state index contributed by atoms with van der Waals surface area (Å²) in [6, 6.07) is 9.69. The van der Waals surface area contributed by atoms with Crippen LogP contribution in [0.3, 0.4) is 0 Å². The molecule has 3 unspecified atom stereocenters. The average Bonchev–Trinajstić information content (AvgIpc) is 2.45. The van der Waals surface area contributed by atoms with Crippen molar-refractivity contribution in [2.24, 2.45) is 11.8 Å². The largest absolute Gasteiger partial charge is 0.313 e. The molecule has 1 N–H and O–H groups in total. The molecule has 1 saturated carbocycles. The SMILES string of the molecule is CC1CCCC(CNC2CCc3ccccc3C2)C1. The first-order valence-corrected chi connectivity index (χ1v) is 8.11. The minimum Gasteiger partial charge on any atom is -0.313 e. The minimum atomic E-state index is 0.715. The van der Waals surface area contributed by atoms with Crippen molar-refractivity contribution in [3.63, 3.8) is 0 Å². The molecule has 104 valence electrons. The van der Waals surface area contributed by atoms with Crippen LogP contribution in [0.4, 0.5) is 0 Å². The van der Waals surface area contributed by atoms with E-state index in [9.17, 15) is 0 Å². The Morgan fingerprint density at radius 3 is 2.79 bits per heavy atom. The molecule has 3 rings (SSSR count). The molecular formula is C18H27N. The van der Waals surface area contributed by atoms with E-state index in [-0.39, 0.29) is 0 Å². The maximum Gasteiger partial charge on any atom is 0.0111 e. The van der Waals surface area contributed by atoms with Gasteiger partial charge in [-0.25, -0.2) is 0 Å². The molecule has 0 heterocycles. The lowest BCUT2D eigenvalue weighted by Crippen LogP contribution is -2.38. The van der Waals surface area contributed by atoms with Gasteiger partial charge in [-0.15, -0.1) is 0 Å². The zero-order valence-corrected chi connectivity index (χ0v) is 12.2. The molecule has 0 aromatic heterocycles. The molecule has 0 amide bonds. The monoisotopic (exact) mass is 257 g/mol. The number of rotatable bonds is 3. The van der Waals surface area contributed by atoms with Crippen molar-refractivity contribution in [1.29, 1.82) is 0 Å². The first kappa shape index (κ1) is 13.2. The third kappa shape index (κ3) is 3.39. The zero-order valence-electron chi connectivity index (χ0n) is 12.2. The van der Waals surface area contributed by atoms with Gasteiger partial charge in [0.25, 0.3) is 0 Å². The van der Waals surface area contributed by atoms with Gasteiger partial charge in [-0.3, -0.25) is 0 Å². The summed E-state index contributed by atoms with van der Waals surface area (Å²) in [6.07, 6.45) is 9.60. The number of aryl methyl sites for hydroxylation is 1. The van der Waals surface area contributed by atoms with Gasteiger partial charge in [0.05, 0.1) is 0 Å². The Bertz CT molecular complexity index is 412. The highest BCUT2D eigenvalue weighted by molar-refractivity contribution is 5.30. The topological polar surface area (TPSA) is 12.0 Å². The Kier molecular flexibility index (Phi) is 4.22. The van der Waals surface area contributed by atoms with Crippen LogP contribution < -0.4 is 5.32 Å². The number of hydrogen-bond donors (Lipinski definition) is 1. The zero-order chi connectivity index (χ0) is 13.1. The van der Waals surface area contributed by atoms with E-state index in [4.69, 9.17) is 0 Å². The van der Waals surface area contributed by atoms with Gasteiger partial charge in [-0.2, -0.15) is 0 Å². The third-order valence-electron chi connectivity index (χ3n) is 5.09. The molecule has 0 bridgehead atoms. The Hall–Kier alpha value is -0.820. The predicted octanol–water partition coefficient (Wildman–Crippen LogP) is 3.96. The standard InChI is InChI=1S/C18H27N/c1-14-5-4-6-15(11-14)13-19-18-10-9-16-7-2-3-8-17(16)12-18/h2-3,7-8,14-15,18-19H,4-6,9-13H2,1H3. The van der Waals surface area contributed by atoms with Gasteiger partial charge in [-0.1, -0.05) is 44.0 Å². The molecule has 1 heteroatoms. The molecule has 1 nitrogen and oxygen atoms in total. The van der Waals surface area contributed by atoms with E-state index in [1.807, 2.05) is 0 Å². The number of nitrogens with one attached hydrogen (secondary N) is 1. The van der Waals surface area contributed by atoms with Crippen LogP contribution in [0.2, 0.25) is 0 Å². The van der Waals surface area contributed by atoms with Crippen LogP contribution >= 0.6 is 0 Å². The van der Waals surface area contributed by atoms with Gasteiger partial charge >= 0.3 is 0 Å². The number of fused-ring (bicyclic) bond motifs is 1. The summed E-state index contributed by atoms with van der Waals surface area (Å²) in [5.41, 5.74) is 3.15. The van der Waals surface area contributed by atoms with Gasteiger partial charge < -0.3 is 5.32 Å². The predicted molar refractivity (Wildman–Crippen MR) is 81.4 cm³/mol. The quantitative estimate of drug-likeness (QED) is 0.864. The maximum absolute atomic E-state index is 3.85. The Balaban J connectivity index is 1.49. The van der Waals surface area contributed by atoms with Crippen LogP contribution in [-0.2, 0) is 12.8 Å². The summed E-state index contributed by atoms with van der Waals surface area (Å²) in [5, 5.41) is 3.85. The second-order valence-corrected chi connectivity index (χ2v) is 6.75. The van der Waals surface area contributed by atoms with E-state index in [2.05, 4.69) is 36.5 Å². The van der Waals surface area contributed by atoms with Gasteiger partial charge in [-0.05, 0) is 61.6 Å². The van der Waals surface area contributed by atoms with Gasteiger partial charge in [0.2, 0.25) is 0 Å². The average molecular weight is 257 g/mol. The molecule has 0 radical (unpaired) electrons. The summed E-state index contributed by atoms with van der Waals surface area (Å²) < 4.78 is 0. The Morgan fingerprint density at radius 2 is 1.95 bits per heavy atom. The second-order valence-electron chi connectivity index (χ2n) is 6.75. The van der Waals surface area contributed by atoms with Crippen molar-refractivity contribution in [1.82, 2.24) is 5.32 Å². The van der Waals surface area contributed by atoms with Crippen LogP contribution in [0.1, 0.15) is 50.2 Å².